The highest BCUT2D eigenvalue weighted by Crippen LogP contribution is 2.06. The number of quaternary nitrogens is 1. The van der Waals surface area contributed by atoms with Gasteiger partial charge in [-0.25, -0.2) is 0 Å². The van der Waals surface area contributed by atoms with Crippen molar-refractivity contribution in [2.45, 2.75) is 33.0 Å². The van der Waals surface area contributed by atoms with E-state index < -0.39 is 6.50 Å². The summed E-state index contributed by atoms with van der Waals surface area (Å²) < 4.78 is 27.0. The number of nitrogens with zero attached hydrogens (tertiary/aromatic N) is 1. The minimum Gasteiger partial charge on any atom is -0.353 e. The van der Waals surface area contributed by atoms with E-state index in [2.05, 4.69) is 0 Å². The summed E-state index contributed by atoms with van der Waals surface area (Å²) in [6.45, 7) is 3.77. The van der Waals surface area contributed by atoms with Gasteiger partial charge in [-0.3, -0.25) is 0 Å². The quantitative estimate of drug-likeness (QED) is 0.446. The Labute approximate surface area is 91.4 Å². The van der Waals surface area contributed by atoms with Gasteiger partial charge in [0, 0.05) is 26.1 Å². The van der Waals surface area contributed by atoms with Gasteiger partial charge in [-0.1, -0.05) is 0 Å². The lowest BCUT2D eigenvalue weighted by Crippen LogP contribution is -2.35. The van der Waals surface area contributed by atoms with Crippen LogP contribution in [0.15, 0.2) is 0 Å². The molecule has 3 heteroatoms. The fourth-order valence-corrected chi connectivity index (χ4v) is 1.10. The van der Waals surface area contributed by atoms with Crippen LogP contribution in [0, 0.1) is 0 Å². The first-order chi connectivity index (χ1) is 7.24. The second-order valence-electron chi connectivity index (χ2n) is 4.05. The first-order valence-electron chi connectivity index (χ1n) is 6.29. The van der Waals surface area contributed by atoms with Gasteiger partial charge in [0.2, 0.25) is 0 Å². The summed E-state index contributed by atoms with van der Waals surface area (Å²) in [4.78, 5) is 0. The maximum absolute atomic E-state index is 7.96. The molecule has 0 amide bonds. The zero-order valence-corrected chi connectivity index (χ0v) is 10.2. The molecule has 0 N–H and O–H groups in total. The molecule has 0 aromatic heterocycles. The summed E-state index contributed by atoms with van der Waals surface area (Å²) in [6, 6.07) is 0. The van der Waals surface area contributed by atoms with Crippen molar-refractivity contribution in [1.29, 1.82) is 0 Å². The SMILES string of the molecule is [2H]C([2H])(CCC(OCC)OCC)[N+](C)(C)C. The number of hydrogen-bond acceptors (Lipinski definition) is 2. The van der Waals surface area contributed by atoms with Crippen LogP contribution >= 0.6 is 0 Å². The van der Waals surface area contributed by atoms with Crippen LogP contribution in [-0.2, 0) is 9.47 Å². The molecular weight excluding hydrogens is 178 g/mol. The molecule has 0 spiro atoms. The number of ether oxygens (including phenoxy) is 2. The minimum absolute atomic E-state index is 0.281. The second-order valence-corrected chi connectivity index (χ2v) is 4.05. The normalized spacial score (nSPS) is 15.6. The van der Waals surface area contributed by atoms with Crippen molar-refractivity contribution in [3.05, 3.63) is 0 Å². The van der Waals surface area contributed by atoms with Crippen molar-refractivity contribution in [3.63, 3.8) is 0 Å². The monoisotopic (exact) mass is 206 g/mol. The third-order valence-electron chi connectivity index (χ3n) is 1.67. The number of rotatable bonds is 8. The molecule has 0 aliphatic carbocycles. The lowest BCUT2D eigenvalue weighted by Gasteiger charge is -2.25. The fraction of sp³-hybridized carbons (Fsp3) is 1.00. The topological polar surface area (TPSA) is 18.5 Å². The van der Waals surface area contributed by atoms with Crippen molar-refractivity contribution in [3.8, 4) is 0 Å². The molecule has 0 saturated heterocycles. The van der Waals surface area contributed by atoms with Gasteiger partial charge < -0.3 is 14.0 Å². The zero-order valence-electron chi connectivity index (χ0n) is 12.2. The molecule has 3 nitrogen and oxygen atoms in total. The Hall–Kier alpha value is -0.120. The molecule has 0 radical (unpaired) electrons. The van der Waals surface area contributed by atoms with E-state index in [-0.39, 0.29) is 10.8 Å². The largest absolute Gasteiger partial charge is 0.353 e. The Kier molecular flexibility index (Phi) is 5.35. The van der Waals surface area contributed by atoms with Crippen molar-refractivity contribution in [1.82, 2.24) is 0 Å². The van der Waals surface area contributed by atoms with Gasteiger partial charge in [-0.05, 0) is 13.8 Å². The number of hydrogen-bond donors (Lipinski definition) is 0. The minimum atomic E-state index is -1.26. The van der Waals surface area contributed by atoms with Crippen molar-refractivity contribution < 1.29 is 16.7 Å². The van der Waals surface area contributed by atoms with Crippen LogP contribution in [0.5, 0.6) is 0 Å². The maximum atomic E-state index is 7.96. The first kappa shape index (κ1) is 10.4. The summed E-state index contributed by atoms with van der Waals surface area (Å²) in [6.07, 6.45) is 0.738. The molecule has 0 saturated carbocycles. The maximum Gasteiger partial charge on any atom is 0.157 e. The van der Waals surface area contributed by atoms with E-state index in [1.165, 1.54) is 0 Å². The summed E-state index contributed by atoms with van der Waals surface area (Å²) in [7, 11) is 5.57. The van der Waals surface area contributed by atoms with Gasteiger partial charge >= 0.3 is 0 Å². The standard InChI is InChI=1S/C11H26NO2/c1-6-13-11(14-7-2)9-8-10-12(3,4)5/h11H,6-10H2,1-5H3/q+1/i10D2. The van der Waals surface area contributed by atoms with Crippen molar-refractivity contribution in [2.75, 3.05) is 40.9 Å². The van der Waals surface area contributed by atoms with Gasteiger partial charge in [-0.15, -0.1) is 0 Å². The second kappa shape index (κ2) is 7.21. The molecule has 0 rings (SSSR count). The Morgan fingerprint density at radius 1 is 1.14 bits per heavy atom. The predicted octanol–water partition coefficient (Wildman–Crippen LogP) is 1.87. The summed E-state index contributed by atoms with van der Waals surface area (Å²) >= 11 is 0. The van der Waals surface area contributed by atoms with Gasteiger partial charge in [0.05, 0.1) is 30.4 Å². The van der Waals surface area contributed by atoms with Crippen LogP contribution in [0.25, 0.3) is 0 Å². The molecule has 0 atom stereocenters. The van der Waals surface area contributed by atoms with Gasteiger partial charge in [0.25, 0.3) is 0 Å². The molecule has 0 aliphatic rings. The zero-order chi connectivity index (χ0) is 12.8. The van der Waals surface area contributed by atoms with Crippen LogP contribution in [0.2, 0.25) is 0 Å². The van der Waals surface area contributed by atoms with E-state index in [4.69, 9.17) is 12.2 Å². The third-order valence-corrected chi connectivity index (χ3v) is 1.67. The lowest BCUT2D eigenvalue weighted by molar-refractivity contribution is -0.870. The molecule has 0 aromatic rings. The van der Waals surface area contributed by atoms with Gasteiger partial charge in [0.15, 0.2) is 6.29 Å². The Balaban J connectivity index is 4.18. The van der Waals surface area contributed by atoms with Crippen molar-refractivity contribution >= 4 is 0 Å². The van der Waals surface area contributed by atoms with E-state index in [1.807, 2.05) is 35.0 Å². The predicted molar refractivity (Wildman–Crippen MR) is 59.2 cm³/mol. The third kappa shape index (κ3) is 8.48. The molecule has 86 valence electrons. The fourth-order valence-electron chi connectivity index (χ4n) is 1.10. The van der Waals surface area contributed by atoms with Crippen LogP contribution in [0.1, 0.15) is 29.4 Å². The highest BCUT2D eigenvalue weighted by Gasteiger charge is 2.11. The van der Waals surface area contributed by atoms with Gasteiger partial charge in [0.1, 0.15) is 0 Å². The first-order valence-corrected chi connectivity index (χ1v) is 5.29. The van der Waals surface area contributed by atoms with E-state index >= 15 is 0 Å². The van der Waals surface area contributed by atoms with Crippen LogP contribution < -0.4 is 0 Å². The lowest BCUT2D eigenvalue weighted by atomic mass is 10.3. The van der Waals surface area contributed by atoms with E-state index in [9.17, 15) is 0 Å². The van der Waals surface area contributed by atoms with E-state index in [1.54, 1.807) is 0 Å². The highest BCUT2D eigenvalue weighted by molar-refractivity contribution is 4.45. The summed E-state index contributed by atoms with van der Waals surface area (Å²) in [5.41, 5.74) is 0. The average Bonchev–Trinajstić information content (AvgIpc) is 2.13. The molecule has 14 heavy (non-hydrogen) atoms. The molecule has 0 aliphatic heterocycles. The van der Waals surface area contributed by atoms with Crippen molar-refractivity contribution in [2.24, 2.45) is 0 Å². The van der Waals surface area contributed by atoms with E-state index in [0.717, 1.165) is 0 Å². The molecule has 0 bridgehead atoms. The molecule has 0 heterocycles. The van der Waals surface area contributed by atoms with Gasteiger partial charge in [-0.2, -0.15) is 0 Å². The highest BCUT2D eigenvalue weighted by atomic mass is 16.7. The smallest absolute Gasteiger partial charge is 0.157 e. The molecular formula is C11H26NO2+. The molecule has 0 fully saturated rings. The van der Waals surface area contributed by atoms with E-state index in [0.29, 0.717) is 26.1 Å². The van der Waals surface area contributed by atoms with Crippen LogP contribution in [0.3, 0.4) is 0 Å². The average molecular weight is 206 g/mol. The van der Waals surface area contributed by atoms with Crippen LogP contribution in [0.4, 0.5) is 0 Å². The Morgan fingerprint density at radius 2 is 1.64 bits per heavy atom. The Bertz CT molecular complexity index is 187. The van der Waals surface area contributed by atoms with Crippen LogP contribution in [-0.4, -0.2) is 51.6 Å². The summed E-state index contributed by atoms with van der Waals surface area (Å²) in [5, 5.41) is 0. The summed E-state index contributed by atoms with van der Waals surface area (Å²) in [5.74, 6) is 0. The Morgan fingerprint density at radius 3 is 2.00 bits per heavy atom. The molecule has 0 unspecified atom stereocenters. The molecule has 0 aromatic carbocycles.